The topological polar surface area (TPSA) is 52.9 Å². The molecule has 2 saturated carbocycles. The number of nitrogens with one attached hydrogen (secondary N) is 1. The summed E-state index contributed by atoms with van der Waals surface area (Å²) in [5.41, 5.74) is 1.34. The van der Waals surface area contributed by atoms with Crippen LogP contribution in [-0.4, -0.2) is 5.91 Å². The molecule has 92 valence electrons. The molecule has 2 atom stereocenters. The number of carbonyl (C=O) groups excluding carboxylic acids is 1. The molecule has 1 N–H and O–H groups in total. The number of amides is 1. The minimum Gasteiger partial charge on any atom is -0.326 e. The normalized spacial score (nSPS) is 28.3. The van der Waals surface area contributed by atoms with Gasteiger partial charge in [0, 0.05) is 16.1 Å². The second-order valence-corrected chi connectivity index (χ2v) is 5.93. The molecule has 2 fully saturated rings. The number of carbonyl (C=O) groups is 1. The van der Waals surface area contributed by atoms with E-state index in [-0.39, 0.29) is 11.8 Å². The van der Waals surface area contributed by atoms with Gasteiger partial charge < -0.3 is 5.32 Å². The van der Waals surface area contributed by atoms with E-state index in [1.807, 2.05) is 0 Å². The second kappa shape index (κ2) is 4.40. The number of hydrogen-bond donors (Lipinski definition) is 1. The Labute approximate surface area is 114 Å². The Bertz CT molecular complexity index is 539. The number of fused-ring (bicyclic) bond motifs is 1. The van der Waals surface area contributed by atoms with Gasteiger partial charge in [-0.25, -0.2) is 0 Å². The van der Waals surface area contributed by atoms with Crippen LogP contribution in [0.5, 0.6) is 0 Å². The molecule has 0 aliphatic heterocycles. The summed E-state index contributed by atoms with van der Waals surface area (Å²) in [6.45, 7) is 0. The fourth-order valence-corrected chi connectivity index (χ4v) is 3.59. The monoisotopic (exact) mass is 304 g/mol. The van der Waals surface area contributed by atoms with Crippen LogP contribution in [0.15, 0.2) is 22.7 Å². The van der Waals surface area contributed by atoms with Crippen LogP contribution in [0.2, 0.25) is 0 Å². The van der Waals surface area contributed by atoms with Gasteiger partial charge in [0.2, 0.25) is 5.91 Å². The van der Waals surface area contributed by atoms with Crippen LogP contribution < -0.4 is 5.32 Å². The summed E-state index contributed by atoms with van der Waals surface area (Å²) in [6.07, 6.45) is 3.70. The molecule has 2 unspecified atom stereocenters. The standard InChI is InChI=1S/C14H13BrN2O/c15-12-6-9(5-4-8(12)7-16)17-14(18)13-10-2-1-3-11(10)13/h4-6,10-11,13H,1-3H2,(H,17,18). The van der Waals surface area contributed by atoms with Crippen LogP contribution in [-0.2, 0) is 4.79 Å². The zero-order valence-corrected chi connectivity index (χ0v) is 11.4. The van der Waals surface area contributed by atoms with Crippen molar-refractivity contribution < 1.29 is 4.79 Å². The van der Waals surface area contributed by atoms with E-state index in [1.165, 1.54) is 19.3 Å². The molecule has 2 aliphatic rings. The van der Waals surface area contributed by atoms with Gasteiger partial charge >= 0.3 is 0 Å². The SMILES string of the molecule is N#Cc1ccc(NC(=O)C2C3CCCC32)cc1Br. The number of hydrogen-bond acceptors (Lipinski definition) is 2. The third-order valence-corrected chi connectivity index (χ3v) is 4.72. The van der Waals surface area contributed by atoms with Crippen molar-refractivity contribution in [1.29, 1.82) is 5.26 Å². The summed E-state index contributed by atoms with van der Waals surface area (Å²) in [5.74, 6) is 1.63. The first-order chi connectivity index (χ1) is 8.70. The lowest BCUT2D eigenvalue weighted by atomic mass is 10.1. The Kier molecular flexibility index (Phi) is 2.87. The molecule has 1 aromatic rings. The molecular formula is C14H13BrN2O. The molecule has 3 nitrogen and oxygen atoms in total. The molecule has 3 rings (SSSR count). The van der Waals surface area contributed by atoms with Crippen LogP contribution in [0.25, 0.3) is 0 Å². The molecule has 1 amide bonds. The highest BCUT2D eigenvalue weighted by atomic mass is 79.9. The average Bonchev–Trinajstić information content (AvgIpc) is 2.84. The van der Waals surface area contributed by atoms with E-state index >= 15 is 0 Å². The van der Waals surface area contributed by atoms with Gasteiger partial charge in [-0.05, 0) is 58.8 Å². The maximum absolute atomic E-state index is 12.1. The van der Waals surface area contributed by atoms with Gasteiger partial charge in [0.15, 0.2) is 0 Å². The summed E-state index contributed by atoms with van der Waals surface area (Å²) in [4.78, 5) is 12.1. The highest BCUT2D eigenvalue weighted by Crippen LogP contribution is 2.57. The number of benzene rings is 1. The van der Waals surface area contributed by atoms with Crippen molar-refractivity contribution in [2.45, 2.75) is 19.3 Å². The number of halogens is 1. The third-order valence-electron chi connectivity index (χ3n) is 4.07. The summed E-state index contributed by atoms with van der Waals surface area (Å²) in [5, 5.41) is 11.8. The molecule has 4 heteroatoms. The molecule has 0 aromatic heterocycles. The predicted octanol–water partition coefficient (Wildman–Crippen LogP) is 3.31. The van der Waals surface area contributed by atoms with Crippen LogP contribution in [0.4, 0.5) is 5.69 Å². The van der Waals surface area contributed by atoms with Crippen molar-refractivity contribution in [3.63, 3.8) is 0 Å². The molecule has 1 aromatic carbocycles. The van der Waals surface area contributed by atoms with E-state index < -0.39 is 0 Å². The Morgan fingerprint density at radius 2 is 2.11 bits per heavy atom. The zero-order chi connectivity index (χ0) is 12.7. The van der Waals surface area contributed by atoms with E-state index in [2.05, 4.69) is 27.3 Å². The fourth-order valence-electron chi connectivity index (χ4n) is 3.12. The lowest BCUT2D eigenvalue weighted by molar-refractivity contribution is -0.118. The summed E-state index contributed by atoms with van der Waals surface area (Å²) in [6, 6.07) is 7.36. The summed E-state index contributed by atoms with van der Waals surface area (Å²) in [7, 11) is 0. The van der Waals surface area contributed by atoms with Gasteiger partial charge in [-0.15, -0.1) is 0 Å². The van der Waals surface area contributed by atoms with E-state index in [1.54, 1.807) is 18.2 Å². The number of anilines is 1. The molecule has 0 spiro atoms. The largest absolute Gasteiger partial charge is 0.326 e. The van der Waals surface area contributed by atoms with Gasteiger partial charge in [-0.1, -0.05) is 6.42 Å². The molecule has 18 heavy (non-hydrogen) atoms. The zero-order valence-electron chi connectivity index (χ0n) is 9.82. The molecule has 2 aliphatic carbocycles. The number of rotatable bonds is 2. The summed E-state index contributed by atoms with van der Waals surface area (Å²) < 4.78 is 0.721. The first-order valence-corrected chi connectivity index (χ1v) is 7.00. The average molecular weight is 305 g/mol. The van der Waals surface area contributed by atoms with Crippen molar-refractivity contribution in [2.24, 2.45) is 17.8 Å². The molecule has 0 heterocycles. The van der Waals surface area contributed by atoms with Crippen molar-refractivity contribution in [3.05, 3.63) is 28.2 Å². The Hall–Kier alpha value is -1.34. The quantitative estimate of drug-likeness (QED) is 0.911. The van der Waals surface area contributed by atoms with Gasteiger partial charge in [0.05, 0.1) is 5.56 Å². The summed E-state index contributed by atoms with van der Waals surface area (Å²) >= 11 is 3.32. The van der Waals surface area contributed by atoms with Crippen LogP contribution in [0.1, 0.15) is 24.8 Å². The number of nitriles is 1. The van der Waals surface area contributed by atoms with Crippen molar-refractivity contribution in [2.75, 3.05) is 5.32 Å². The lowest BCUT2D eigenvalue weighted by Crippen LogP contribution is -2.16. The predicted molar refractivity (Wildman–Crippen MR) is 71.8 cm³/mol. The first-order valence-electron chi connectivity index (χ1n) is 6.21. The molecule has 0 saturated heterocycles. The van der Waals surface area contributed by atoms with Crippen LogP contribution >= 0.6 is 15.9 Å². The van der Waals surface area contributed by atoms with E-state index in [9.17, 15) is 4.79 Å². The Morgan fingerprint density at radius 3 is 2.72 bits per heavy atom. The minimum atomic E-state index is 0.140. The Balaban J connectivity index is 1.68. The van der Waals surface area contributed by atoms with Gasteiger partial charge in [-0.3, -0.25) is 4.79 Å². The molecule has 0 bridgehead atoms. The minimum absolute atomic E-state index is 0.140. The van der Waals surface area contributed by atoms with E-state index in [0.717, 1.165) is 10.2 Å². The lowest BCUT2D eigenvalue weighted by Gasteiger charge is -2.07. The first kappa shape index (κ1) is 11.7. The van der Waals surface area contributed by atoms with Crippen molar-refractivity contribution in [3.8, 4) is 6.07 Å². The second-order valence-electron chi connectivity index (χ2n) is 5.08. The van der Waals surface area contributed by atoms with Gasteiger partial charge in [0.25, 0.3) is 0 Å². The fraction of sp³-hybridized carbons (Fsp3) is 0.429. The molecule has 0 radical (unpaired) electrons. The van der Waals surface area contributed by atoms with Crippen LogP contribution in [0, 0.1) is 29.1 Å². The Morgan fingerprint density at radius 1 is 1.39 bits per heavy atom. The number of nitrogens with zero attached hydrogens (tertiary/aromatic N) is 1. The highest BCUT2D eigenvalue weighted by molar-refractivity contribution is 9.10. The maximum atomic E-state index is 12.1. The maximum Gasteiger partial charge on any atom is 0.228 e. The van der Waals surface area contributed by atoms with Crippen LogP contribution in [0.3, 0.4) is 0 Å². The molecular weight excluding hydrogens is 292 g/mol. The van der Waals surface area contributed by atoms with Crippen molar-refractivity contribution in [1.82, 2.24) is 0 Å². The van der Waals surface area contributed by atoms with Crippen molar-refractivity contribution >= 4 is 27.5 Å². The smallest absolute Gasteiger partial charge is 0.228 e. The van der Waals surface area contributed by atoms with E-state index in [0.29, 0.717) is 17.4 Å². The van der Waals surface area contributed by atoms with E-state index in [4.69, 9.17) is 5.26 Å². The third kappa shape index (κ3) is 1.93. The van der Waals surface area contributed by atoms with Gasteiger partial charge in [-0.2, -0.15) is 5.26 Å². The van der Waals surface area contributed by atoms with Gasteiger partial charge in [0.1, 0.15) is 6.07 Å². The highest BCUT2D eigenvalue weighted by Gasteiger charge is 2.56.